The largest absolute Gasteiger partial charge is 0.497 e. The zero-order valence-electron chi connectivity index (χ0n) is 24.6. The van der Waals surface area contributed by atoms with E-state index in [1.165, 1.54) is 32.6 Å². The minimum absolute atomic E-state index is 0.0144. The second kappa shape index (κ2) is 13.7. The number of aryl methyl sites for hydroxylation is 1. The second-order valence-electron chi connectivity index (χ2n) is 9.73. The van der Waals surface area contributed by atoms with Crippen LogP contribution in [0.3, 0.4) is 0 Å². The number of amides is 1. The van der Waals surface area contributed by atoms with Crippen molar-refractivity contribution in [2.24, 2.45) is 0 Å². The maximum absolute atomic E-state index is 12.5. The number of aromatic nitrogens is 2. The van der Waals surface area contributed by atoms with Crippen molar-refractivity contribution in [3.63, 3.8) is 0 Å². The summed E-state index contributed by atoms with van der Waals surface area (Å²) in [5.74, 6) is 0.0665. The Morgan fingerprint density at radius 1 is 1.11 bits per heavy atom. The Morgan fingerprint density at radius 3 is 2.48 bits per heavy atom. The lowest BCUT2D eigenvalue weighted by Crippen LogP contribution is -2.36. The van der Waals surface area contributed by atoms with Crippen molar-refractivity contribution < 1.29 is 52.0 Å². The number of aliphatic carboxylic acids is 1. The first-order valence-electron chi connectivity index (χ1n) is 13.5. The van der Waals surface area contributed by atoms with Gasteiger partial charge in [-0.1, -0.05) is 13.3 Å². The van der Waals surface area contributed by atoms with E-state index in [1.54, 1.807) is 28.8 Å². The van der Waals surface area contributed by atoms with Gasteiger partial charge in [-0.25, -0.2) is 18.2 Å². The third kappa shape index (κ3) is 7.23. The van der Waals surface area contributed by atoms with Crippen LogP contribution < -0.4 is 23.7 Å². The van der Waals surface area contributed by atoms with Gasteiger partial charge in [0.05, 0.1) is 38.1 Å². The molecule has 0 saturated carbocycles. The maximum atomic E-state index is 12.5. The summed E-state index contributed by atoms with van der Waals surface area (Å²) in [6.45, 7) is 1.25. The lowest BCUT2D eigenvalue weighted by atomic mass is 10.0. The average Bonchev–Trinajstić information content (AvgIpc) is 3.62. The van der Waals surface area contributed by atoms with Crippen molar-refractivity contribution in [3.05, 3.63) is 59.2 Å². The first-order chi connectivity index (χ1) is 21.0. The molecule has 0 radical (unpaired) electrons. The van der Waals surface area contributed by atoms with Crippen LogP contribution in [0.5, 0.6) is 28.7 Å². The van der Waals surface area contributed by atoms with E-state index in [0.29, 0.717) is 58.4 Å². The second-order valence-corrected chi connectivity index (χ2v) is 11.5. The van der Waals surface area contributed by atoms with E-state index in [4.69, 9.17) is 23.7 Å². The number of hydrogen-bond acceptors (Lipinski definition) is 11. The van der Waals surface area contributed by atoms with Crippen molar-refractivity contribution in [3.8, 4) is 34.4 Å². The van der Waals surface area contributed by atoms with Crippen molar-refractivity contribution in [2.75, 3.05) is 33.9 Å². The Morgan fingerprint density at radius 2 is 1.84 bits per heavy atom. The molecule has 0 bridgehead atoms. The summed E-state index contributed by atoms with van der Waals surface area (Å²) in [7, 11) is -1.31. The fourth-order valence-corrected chi connectivity index (χ4v) is 4.89. The number of sulfonamides is 1. The first kappa shape index (κ1) is 32.2. The highest BCUT2D eigenvalue weighted by atomic mass is 32.2. The van der Waals surface area contributed by atoms with E-state index in [0.717, 1.165) is 12.8 Å². The topological polar surface area (TPSA) is 176 Å². The molecule has 2 N–H and O–H groups in total. The standard InChI is InChI=1S/C29H33N3O11S/c1-5-6-7-27-30-15-20(11-19(29(34)35)10-18-12-25-26(43-17-42-25)14-23(18)40-3)31(27)22-9-8-21(39-2)13-24(22)41-16-28(33)32(36)44(4,37)38/h8-9,11-15,36H,5-7,10,16-17H2,1-4H3,(H,34,35)/b19-11+. The van der Waals surface area contributed by atoms with Crippen LogP contribution in [0, 0.1) is 0 Å². The first-order valence-corrected chi connectivity index (χ1v) is 15.3. The monoisotopic (exact) mass is 631 g/mol. The predicted molar refractivity (Wildman–Crippen MR) is 156 cm³/mol. The summed E-state index contributed by atoms with van der Waals surface area (Å²) in [5, 5.41) is 19.9. The summed E-state index contributed by atoms with van der Waals surface area (Å²) in [6, 6.07) is 8.09. The van der Waals surface area contributed by atoms with Gasteiger partial charge in [-0.3, -0.25) is 14.6 Å². The Bertz CT molecular complexity index is 1680. The number of imidazole rings is 1. The van der Waals surface area contributed by atoms with Gasteiger partial charge in [-0.2, -0.15) is 0 Å². The predicted octanol–water partition coefficient (Wildman–Crippen LogP) is 3.23. The minimum Gasteiger partial charge on any atom is -0.497 e. The van der Waals surface area contributed by atoms with Gasteiger partial charge in [0.25, 0.3) is 15.9 Å². The number of carboxylic acid groups (broad SMARTS) is 1. The van der Waals surface area contributed by atoms with Crippen molar-refractivity contribution in [2.45, 2.75) is 32.6 Å². The fourth-order valence-electron chi connectivity index (χ4n) is 4.46. The van der Waals surface area contributed by atoms with Gasteiger partial charge in [-0.15, -0.1) is 4.47 Å². The normalized spacial score (nSPS) is 12.6. The van der Waals surface area contributed by atoms with E-state index in [1.807, 2.05) is 6.92 Å². The maximum Gasteiger partial charge on any atom is 0.331 e. The smallest absolute Gasteiger partial charge is 0.331 e. The molecule has 1 aliphatic rings. The Hall–Kier alpha value is -4.76. The molecule has 2 heterocycles. The fraction of sp³-hybridized carbons (Fsp3) is 0.345. The van der Waals surface area contributed by atoms with Crippen LogP contribution in [-0.4, -0.2) is 78.5 Å². The summed E-state index contributed by atoms with van der Waals surface area (Å²) < 4.78 is 51.9. The van der Waals surface area contributed by atoms with Gasteiger partial charge >= 0.3 is 5.97 Å². The molecule has 0 atom stereocenters. The van der Waals surface area contributed by atoms with E-state index in [2.05, 4.69) is 4.98 Å². The number of unbranched alkanes of at least 4 members (excludes halogenated alkanes) is 1. The number of rotatable bonds is 14. The van der Waals surface area contributed by atoms with Crippen LogP contribution in [0.4, 0.5) is 0 Å². The van der Waals surface area contributed by atoms with Crippen molar-refractivity contribution in [1.29, 1.82) is 0 Å². The number of carbonyl (C=O) groups excluding carboxylic acids is 1. The Kier molecular flexibility index (Phi) is 10.0. The third-order valence-electron chi connectivity index (χ3n) is 6.66. The molecule has 236 valence electrons. The quantitative estimate of drug-likeness (QED) is 0.151. The van der Waals surface area contributed by atoms with E-state index in [9.17, 15) is 28.3 Å². The highest BCUT2D eigenvalue weighted by Crippen LogP contribution is 2.39. The Labute approximate surface area is 254 Å². The van der Waals surface area contributed by atoms with Crippen molar-refractivity contribution in [1.82, 2.24) is 14.0 Å². The van der Waals surface area contributed by atoms with Crippen LogP contribution in [0.25, 0.3) is 11.8 Å². The molecule has 0 spiro atoms. The number of fused-ring (bicyclic) bond motifs is 1. The number of benzene rings is 2. The van der Waals surface area contributed by atoms with Crippen LogP contribution in [0.1, 0.15) is 36.8 Å². The molecule has 15 heteroatoms. The molecule has 0 unspecified atom stereocenters. The SMILES string of the molecule is CCCCc1ncc(/C=C(\Cc2cc3c(cc2OC)OCO3)C(=O)O)n1-c1ccc(OC)cc1OCC(=O)N(O)S(C)(=O)=O. The van der Waals surface area contributed by atoms with Gasteiger partial charge in [-0.05, 0) is 30.7 Å². The molecular weight excluding hydrogens is 598 g/mol. The Balaban J connectivity index is 1.79. The molecule has 4 rings (SSSR count). The highest BCUT2D eigenvalue weighted by Gasteiger charge is 2.24. The van der Waals surface area contributed by atoms with E-state index >= 15 is 0 Å². The molecule has 0 saturated heterocycles. The summed E-state index contributed by atoms with van der Waals surface area (Å²) in [5.41, 5.74) is 1.35. The highest BCUT2D eigenvalue weighted by molar-refractivity contribution is 7.88. The molecule has 1 aliphatic heterocycles. The number of ether oxygens (including phenoxy) is 5. The van der Waals surface area contributed by atoms with Crippen molar-refractivity contribution >= 4 is 28.0 Å². The lowest BCUT2D eigenvalue weighted by Gasteiger charge is -2.18. The number of nitrogens with zero attached hydrogens (tertiary/aromatic N) is 3. The summed E-state index contributed by atoms with van der Waals surface area (Å²) in [4.78, 5) is 29.4. The van der Waals surface area contributed by atoms with Crippen LogP contribution in [-0.2, 0) is 32.5 Å². The van der Waals surface area contributed by atoms with E-state index in [-0.39, 0.29) is 24.5 Å². The average molecular weight is 632 g/mol. The minimum atomic E-state index is -4.22. The molecule has 1 aromatic heterocycles. The molecule has 0 aliphatic carbocycles. The number of methoxy groups -OCH3 is 2. The van der Waals surface area contributed by atoms with E-state index < -0.39 is 33.0 Å². The van der Waals surface area contributed by atoms with Gasteiger partial charge in [0.15, 0.2) is 18.1 Å². The zero-order chi connectivity index (χ0) is 32.0. The third-order valence-corrected chi connectivity index (χ3v) is 7.49. The van der Waals surface area contributed by atoms with Crippen LogP contribution in [0.2, 0.25) is 0 Å². The summed E-state index contributed by atoms with van der Waals surface area (Å²) >= 11 is 0. The van der Waals surface area contributed by atoms with Crippen LogP contribution >= 0.6 is 0 Å². The molecule has 1 amide bonds. The molecule has 14 nitrogen and oxygen atoms in total. The molecular formula is C29H33N3O11S. The molecule has 2 aromatic carbocycles. The lowest BCUT2D eigenvalue weighted by molar-refractivity contribution is -0.148. The zero-order valence-corrected chi connectivity index (χ0v) is 25.4. The summed E-state index contributed by atoms with van der Waals surface area (Å²) in [6.07, 6.45) is 5.83. The van der Waals surface area contributed by atoms with Gasteiger partial charge in [0.1, 0.15) is 23.1 Å². The number of carbonyl (C=O) groups is 2. The van der Waals surface area contributed by atoms with Gasteiger partial charge < -0.3 is 28.8 Å². The van der Waals surface area contributed by atoms with Gasteiger partial charge in [0, 0.05) is 36.1 Å². The van der Waals surface area contributed by atoms with Gasteiger partial charge in [0.2, 0.25) is 6.79 Å². The van der Waals surface area contributed by atoms with Crippen LogP contribution in [0.15, 0.2) is 42.1 Å². The number of hydroxylamine groups is 1. The number of carboxylic acids is 1. The molecule has 0 fully saturated rings. The molecule has 3 aromatic rings. The number of hydrogen-bond donors (Lipinski definition) is 2. The molecule has 44 heavy (non-hydrogen) atoms.